The summed E-state index contributed by atoms with van der Waals surface area (Å²) >= 11 is 0. The molecule has 8 heavy (non-hydrogen) atoms. The fraction of sp³-hybridized carbons (Fsp3) is 0.714. The average Bonchev–Trinajstić information content (AvgIpc) is 1.69. The second kappa shape index (κ2) is 10.3. The van der Waals surface area contributed by atoms with Crippen molar-refractivity contribution < 1.29 is 0 Å². The van der Waals surface area contributed by atoms with E-state index in [4.69, 9.17) is 0 Å². The minimum atomic E-state index is 0. The number of hydrogen-bond acceptors (Lipinski definition) is 0. The predicted octanol–water partition coefficient (Wildman–Crippen LogP) is 1.57. The van der Waals surface area contributed by atoms with Crippen LogP contribution in [0.15, 0.2) is 12.2 Å². The van der Waals surface area contributed by atoms with Crippen molar-refractivity contribution in [3.05, 3.63) is 12.2 Å². The molecule has 0 radical (unpaired) electrons. The first-order valence-electron chi connectivity index (χ1n) is 3.03. The highest BCUT2D eigenvalue weighted by Gasteiger charge is 1.73. The molecule has 0 N–H and O–H groups in total. The van der Waals surface area contributed by atoms with Crippen LogP contribution in [0.3, 0.4) is 0 Å². The number of rotatable bonds is 3. The van der Waals surface area contributed by atoms with Gasteiger partial charge in [0.2, 0.25) is 0 Å². The van der Waals surface area contributed by atoms with Crippen molar-refractivity contribution in [2.45, 2.75) is 33.1 Å². The molecule has 0 heterocycles. The summed E-state index contributed by atoms with van der Waals surface area (Å²) in [6.45, 7) is 4.28. The van der Waals surface area contributed by atoms with Gasteiger partial charge in [0.1, 0.15) is 0 Å². The standard InChI is InChI=1S/C7H14.Al.3H/c1-3-5-7-6-4-2;;;;/h3,5H,4,6-7H2,1-2H3;;;;. The van der Waals surface area contributed by atoms with Crippen molar-refractivity contribution in [2.24, 2.45) is 0 Å². The molecule has 48 valence electrons. The van der Waals surface area contributed by atoms with E-state index in [0.29, 0.717) is 0 Å². The first-order chi connectivity index (χ1) is 3.41. The molecule has 0 amide bonds. The molecule has 0 saturated carbocycles. The van der Waals surface area contributed by atoms with E-state index < -0.39 is 0 Å². The van der Waals surface area contributed by atoms with Crippen LogP contribution >= 0.6 is 0 Å². The summed E-state index contributed by atoms with van der Waals surface area (Å²) in [5, 5.41) is 0. The van der Waals surface area contributed by atoms with Crippen molar-refractivity contribution in [2.75, 3.05) is 0 Å². The lowest BCUT2D eigenvalue weighted by molar-refractivity contribution is 0.814. The molecule has 0 atom stereocenters. The van der Waals surface area contributed by atoms with Crippen molar-refractivity contribution in [1.29, 1.82) is 0 Å². The molecule has 0 aromatic carbocycles. The van der Waals surface area contributed by atoms with E-state index in [1.165, 1.54) is 19.3 Å². The molecule has 0 saturated heterocycles. The monoisotopic (exact) mass is 128 g/mol. The van der Waals surface area contributed by atoms with Gasteiger partial charge in [0.25, 0.3) is 0 Å². The van der Waals surface area contributed by atoms with Crippen LogP contribution in [0.2, 0.25) is 0 Å². The maximum absolute atomic E-state index is 2.21. The lowest BCUT2D eigenvalue weighted by Gasteiger charge is -1.83. The SMILES string of the molecule is CC=CCCCC.[AlH3]. The highest BCUT2D eigenvalue weighted by atomic mass is 27.0. The molecule has 0 aliphatic heterocycles. The van der Waals surface area contributed by atoms with Crippen LogP contribution in [0.4, 0.5) is 0 Å². The molecule has 0 nitrogen and oxygen atoms in total. The molecule has 0 aromatic rings. The van der Waals surface area contributed by atoms with Gasteiger partial charge in [-0.1, -0.05) is 31.9 Å². The van der Waals surface area contributed by atoms with E-state index in [2.05, 4.69) is 26.0 Å². The van der Waals surface area contributed by atoms with Gasteiger partial charge in [-0.2, -0.15) is 0 Å². The van der Waals surface area contributed by atoms with E-state index in [1.54, 1.807) is 0 Å². The zero-order valence-corrected chi connectivity index (χ0v) is 5.28. The van der Waals surface area contributed by atoms with Gasteiger partial charge in [0, 0.05) is 0 Å². The molecule has 0 rings (SSSR count). The summed E-state index contributed by atoms with van der Waals surface area (Å²) in [4.78, 5) is 0. The molecule has 0 bridgehead atoms. The first-order valence-corrected chi connectivity index (χ1v) is 3.03. The van der Waals surface area contributed by atoms with Crippen molar-refractivity contribution >= 4 is 17.4 Å². The molecule has 0 unspecified atom stereocenters. The fourth-order valence-corrected chi connectivity index (χ4v) is 0.489. The van der Waals surface area contributed by atoms with Crippen LogP contribution in [-0.2, 0) is 0 Å². The average molecular weight is 128 g/mol. The van der Waals surface area contributed by atoms with Gasteiger partial charge >= 0.3 is 0 Å². The Morgan fingerprint density at radius 2 is 2.00 bits per heavy atom. The molecular weight excluding hydrogens is 111 g/mol. The largest absolute Gasteiger partial charge is 0.187 e. The van der Waals surface area contributed by atoms with E-state index in [1.807, 2.05) is 0 Å². The Morgan fingerprint density at radius 3 is 2.38 bits per heavy atom. The van der Waals surface area contributed by atoms with E-state index in [-0.39, 0.29) is 17.4 Å². The number of allylic oxidation sites excluding steroid dienone is 2. The van der Waals surface area contributed by atoms with Crippen molar-refractivity contribution in [3.63, 3.8) is 0 Å². The molecule has 0 aromatic heterocycles. The number of unbranched alkanes of at least 4 members (excludes halogenated alkanes) is 2. The Morgan fingerprint density at radius 1 is 1.38 bits per heavy atom. The third-order valence-corrected chi connectivity index (χ3v) is 0.960. The minimum Gasteiger partial charge on any atom is -0.0917 e. The molecule has 0 aliphatic carbocycles. The van der Waals surface area contributed by atoms with Crippen molar-refractivity contribution in [1.82, 2.24) is 0 Å². The van der Waals surface area contributed by atoms with Crippen LogP contribution in [0, 0.1) is 0 Å². The van der Waals surface area contributed by atoms with E-state index in [0.717, 1.165) is 0 Å². The van der Waals surface area contributed by atoms with Gasteiger partial charge in [0.15, 0.2) is 17.4 Å². The van der Waals surface area contributed by atoms with Gasteiger partial charge in [-0.15, -0.1) is 0 Å². The highest BCUT2D eigenvalue weighted by Crippen LogP contribution is 1.93. The number of hydrogen-bond donors (Lipinski definition) is 0. The third-order valence-electron chi connectivity index (χ3n) is 0.960. The molecule has 1 heteroatoms. The van der Waals surface area contributed by atoms with E-state index in [9.17, 15) is 0 Å². The summed E-state index contributed by atoms with van der Waals surface area (Å²) in [5.74, 6) is 0. The van der Waals surface area contributed by atoms with Crippen LogP contribution in [0.1, 0.15) is 33.1 Å². The zero-order chi connectivity index (χ0) is 5.54. The Balaban J connectivity index is 0. The Kier molecular flexibility index (Phi) is 14.3. The lowest BCUT2D eigenvalue weighted by atomic mass is 10.2. The highest BCUT2D eigenvalue weighted by molar-refractivity contribution is 5.75. The first kappa shape index (κ1) is 11.1. The van der Waals surface area contributed by atoms with Crippen LogP contribution in [0.25, 0.3) is 0 Å². The second-order valence-electron chi connectivity index (χ2n) is 1.71. The summed E-state index contributed by atoms with van der Waals surface area (Å²) in [5.41, 5.74) is 0. The fourth-order valence-electron chi connectivity index (χ4n) is 0.489. The van der Waals surface area contributed by atoms with E-state index >= 15 is 0 Å². The summed E-state index contributed by atoms with van der Waals surface area (Å²) in [7, 11) is 0. The van der Waals surface area contributed by atoms with Gasteiger partial charge in [-0.25, -0.2) is 0 Å². The molecular formula is C7H17Al. The van der Waals surface area contributed by atoms with Gasteiger partial charge in [-0.05, 0) is 13.3 Å². The maximum Gasteiger partial charge on any atom is 0.187 e. The summed E-state index contributed by atoms with van der Waals surface area (Å²) < 4.78 is 0. The van der Waals surface area contributed by atoms with Gasteiger partial charge < -0.3 is 0 Å². The Hall–Kier alpha value is 0.272. The Bertz CT molecular complexity index is 48.3. The summed E-state index contributed by atoms with van der Waals surface area (Å²) in [6, 6.07) is 0. The van der Waals surface area contributed by atoms with Gasteiger partial charge in [0.05, 0.1) is 0 Å². The van der Waals surface area contributed by atoms with Crippen LogP contribution < -0.4 is 0 Å². The van der Waals surface area contributed by atoms with Crippen LogP contribution in [-0.4, -0.2) is 17.4 Å². The second-order valence-corrected chi connectivity index (χ2v) is 1.71. The zero-order valence-electron chi connectivity index (χ0n) is 5.28. The smallest absolute Gasteiger partial charge is 0.0917 e. The quantitative estimate of drug-likeness (QED) is 0.307. The lowest BCUT2D eigenvalue weighted by Crippen LogP contribution is -1.63. The third kappa shape index (κ3) is 9.55. The maximum atomic E-state index is 2.21. The predicted molar refractivity (Wildman–Crippen MR) is 44.3 cm³/mol. The molecule has 0 aliphatic rings. The molecule has 0 fully saturated rings. The van der Waals surface area contributed by atoms with Crippen LogP contribution in [0.5, 0.6) is 0 Å². The van der Waals surface area contributed by atoms with Gasteiger partial charge in [-0.3, -0.25) is 0 Å². The molecule has 0 spiro atoms. The summed E-state index contributed by atoms with van der Waals surface area (Å²) in [6.07, 6.45) is 8.22. The normalized spacial score (nSPS) is 9.25. The van der Waals surface area contributed by atoms with Crippen molar-refractivity contribution in [3.8, 4) is 0 Å². The minimum absolute atomic E-state index is 0. The topological polar surface area (TPSA) is 0 Å². The Labute approximate surface area is 63.1 Å².